The van der Waals surface area contributed by atoms with E-state index in [-0.39, 0.29) is 11.1 Å². The van der Waals surface area contributed by atoms with Gasteiger partial charge in [0.15, 0.2) is 17.5 Å². The molecule has 1 atom stereocenters. The number of carboxylic acids is 1. The van der Waals surface area contributed by atoms with E-state index >= 15 is 0 Å². The molecule has 1 fully saturated rings. The number of fused-ring (bicyclic) bond motifs is 1. The van der Waals surface area contributed by atoms with E-state index in [4.69, 9.17) is 9.57 Å². The van der Waals surface area contributed by atoms with Gasteiger partial charge in [-0.3, -0.25) is 0 Å². The summed E-state index contributed by atoms with van der Waals surface area (Å²) in [5, 5.41) is 14.3. The normalized spacial score (nSPS) is 20.2. The first-order valence-corrected chi connectivity index (χ1v) is 11.4. The number of aliphatic carboxylic acids is 1. The third-order valence-electron chi connectivity index (χ3n) is 6.44. The Morgan fingerprint density at radius 3 is 2.72 bits per heavy atom. The number of hydrogen-bond acceptors (Lipinski definition) is 6. The van der Waals surface area contributed by atoms with E-state index in [1.54, 1.807) is 13.4 Å². The standard InChI is InChI=1S/C26H24F2N4O4/c1-15-9-19(12-20(27)23(15)28)26(25(33)34)32-8-4-5-18(24(32)30-36-26)10-17-6-7-21(22(11-17)35-3)31-13-16(2)29-14-31/h6-7,9-14H,4-5,8H2,1-3H3,(H,33,34)/b18-10+. The van der Waals surface area contributed by atoms with Crippen molar-refractivity contribution in [1.29, 1.82) is 0 Å². The van der Waals surface area contributed by atoms with Crippen LogP contribution in [-0.2, 0) is 15.4 Å². The third kappa shape index (κ3) is 3.69. The number of oxime groups is 1. The average Bonchev–Trinajstić information content (AvgIpc) is 3.47. The van der Waals surface area contributed by atoms with Gasteiger partial charge in [0.05, 0.1) is 24.8 Å². The first-order chi connectivity index (χ1) is 17.2. The number of halogens is 2. The summed E-state index contributed by atoms with van der Waals surface area (Å²) in [5.41, 5.74) is 1.15. The molecule has 10 heteroatoms. The van der Waals surface area contributed by atoms with E-state index in [9.17, 15) is 18.7 Å². The second-order valence-corrected chi connectivity index (χ2v) is 8.82. The highest BCUT2D eigenvalue weighted by Crippen LogP contribution is 2.41. The molecule has 3 heterocycles. The quantitative estimate of drug-likeness (QED) is 0.561. The summed E-state index contributed by atoms with van der Waals surface area (Å²) >= 11 is 0. The summed E-state index contributed by atoms with van der Waals surface area (Å²) < 4.78 is 35.6. The predicted molar refractivity (Wildman–Crippen MR) is 128 cm³/mol. The van der Waals surface area contributed by atoms with Gasteiger partial charge in [-0.15, -0.1) is 0 Å². The molecule has 2 aromatic carbocycles. The van der Waals surface area contributed by atoms with E-state index in [2.05, 4.69) is 10.1 Å². The largest absolute Gasteiger partial charge is 0.495 e. The smallest absolute Gasteiger partial charge is 0.377 e. The van der Waals surface area contributed by atoms with Gasteiger partial charge in [0.2, 0.25) is 0 Å². The van der Waals surface area contributed by atoms with Crippen LogP contribution in [0.5, 0.6) is 5.75 Å². The zero-order valence-electron chi connectivity index (χ0n) is 20.0. The molecule has 3 aromatic rings. The van der Waals surface area contributed by atoms with Crippen LogP contribution < -0.4 is 4.74 Å². The van der Waals surface area contributed by atoms with Crippen molar-refractivity contribution in [3.8, 4) is 11.4 Å². The molecule has 8 nitrogen and oxygen atoms in total. The maximum Gasteiger partial charge on any atom is 0.377 e. The molecular formula is C26H24F2N4O4. The summed E-state index contributed by atoms with van der Waals surface area (Å²) in [6.07, 6.45) is 6.76. The predicted octanol–water partition coefficient (Wildman–Crippen LogP) is 4.54. The molecule has 1 aromatic heterocycles. The lowest BCUT2D eigenvalue weighted by Gasteiger charge is -2.37. The fraction of sp³-hybridized carbons (Fsp3) is 0.269. The van der Waals surface area contributed by atoms with Crippen LogP contribution in [0.15, 0.2) is 53.6 Å². The van der Waals surface area contributed by atoms with Crippen molar-refractivity contribution in [3.05, 3.63) is 82.4 Å². The first-order valence-electron chi connectivity index (χ1n) is 11.4. The van der Waals surface area contributed by atoms with Gasteiger partial charge in [-0.05, 0) is 73.7 Å². The minimum Gasteiger partial charge on any atom is -0.495 e. The Bertz CT molecular complexity index is 1410. The number of hydrogen-bond donors (Lipinski definition) is 1. The Morgan fingerprint density at radius 2 is 2.06 bits per heavy atom. The summed E-state index contributed by atoms with van der Waals surface area (Å²) in [6.45, 7) is 3.60. The van der Waals surface area contributed by atoms with Crippen LogP contribution in [0.3, 0.4) is 0 Å². The summed E-state index contributed by atoms with van der Waals surface area (Å²) in [6, 6.07) is 7.83. The number of aryl methyl sites for hydroxylation is 2. The van der Waals surface area contributed by atoms with Crippen LogP contribution in [0.4, 0.5) is 8.78 Å². The summed E-state index contributed by atoms with van der Waals surface area (Å²) in [4.78, 5) is 23.8. The molecular weight excluding hydrogens is 470 g/mol. The van der Waals surface area contributed by atoms with Crippen LogP contribution in [-0.4, -0.2) is 45.0 Å². The van der Waals surface area contributed by atoms with E-state index < -0.39 is 23.3 Å². The monoisotopic (exact) mass is 494 g/mol. The van der Waals surface area contributed by atoms with Crippen molar-refractivity contribution >= 4 is 17.9 Å². The number of piperidine rings is 1. The van der Waals surface area contributed by atoms with Crippen LogP contribution >= 0.6 is 0 Å². The highest BCUT2D eigenvalue weighted by molar-refractivity contribution is 6.05. The van der Waals surface area contributed by atoms with Crippen molar-refractivity contribution in [3.63, 3.8) is 0 Å². The lowest BCUT2D eigenvalue weighted by Crippen LogP contribution is -2.54. The number of imidazole rings is 1. The highest BCUT2D eigenvalue weighted by atomic mass is 19.2. The number of benzene rings is 2. The fourth-order valence-electron chi connectivity index (χ4n) is 4.69. The zero-order valence-corrected chi connectivity index (χ0v) is 20.0. The highest BCUT2D eigenvalue weighted by Gasteiger charge is 2.56. The maximum atomic E-state index is 14.2. The van der Waals surface area contributed by atoms with Crippen LogP contribution in [0.2, 0.25) is 0 Å². The number of ether oxygens (including phenoxy) is 1. The van der Waals surface area contributed by atoms with E-state index in [0.717, 1.165) is 28.6 Å². The van der Waals surface area contributed by atoms with Crippen molar-refractivity contribution in [2.45, 2.75) is 32.4 Å². The summed E-state index contributed by atoms with van der Waals surface area (Å²) in [7, 11) is 1.59. The van der Waals surface area contributed by atoms with E-state index in [1.807, 2.05) is 42.0 Å². The Morgan fingerprint density at radius 1 is 1.25 bits per heavy atom. The number of rotatable bonds is 5. The lowest BCUT2D eigenvalue weighted by atomic mass is 9.93. The molecule has 2 aliphatic heterocycles. The molecule has 1 N–H and O–H groups in total. The third-order valence-corrected chi connectivity index (χ3v) is 6.44. The number of nitrogens with zero attached hydrogens (tertiary/aromatic N) is 4. The molecule has 0 spiro atoms. The molecule has 36 heavy (non-hydrogen) atoms. The van der Waals surface area contributed by atoms with Crippen LogP contribution in [0.25, 0.3) is 11.8 Å². The minimum atomic E-state index is -2.09. The average molecular weight is 494 g/mol. The van der Waals surface area contributed by atoms with E-state index in [1.165, 1.54) is 17.9 Å². The molecule has 0 bridgehead atoms. The van der Waals surface area contributed by atoms with Gasteiger partial charge in [-0.2, -0.15) is 0 Å². The minimum absolute atomic E-state index is 0.0179. The Kier molecular flexibility index (Phi) is 5.74. The Balaban J connectivity index is 1.52. The zero-order chi connectivity index (χ0) is 25.6. The molecule has 0 amide bonds. The number of carboxylic acid groups (broad SMARTS) is 1. The van der Waals surface area contributed by atoms with E-state index in [0.29, 0.717) is 31.0 Å². The number of amidine groups is 1. The van der Waals surface area contributed by atoms with Crippen LogP contribution in [0.1, 0.15) is 35.2 Å². The molecule has 2 aliphatic rings. The number of carbonyl (C=O) groups is 1. The fourth-order valence-corrected chi connectivity index (χ4v) is 4.69. The number of aromatic nitrogens is 2. The summed E-state index contributed by atoms with van der Waals surface area (Å²) in [5.74, 6) is -2.55. The topological polar surface area (TPSA) is 89.2 Å². The van der Waals surface area contributed by atoms with Crippen LogP contribution in [0, 0.1) is 25.5 Å². The van der Waals surface area contributed by atoms with Crippen molar-refractivity contribution in [2.75, 3.05) is 13.7 Å². The maximum absolute atomic E-state index is 14.2. The molecule has 1 unspecified atom stereocenters. The molecule has 0 radical (unpaired) electrons. The molecule has 186 valence electrons. The lowest BCUT2D eigenvalue weighted by molar-refractivity contribution is -0.183. The Hall–Kier alpha value is -4.21. The van der Waals surface area contributed by atoms with Gasteiger partial charge in [0.1, 0.15) is 5.75 Å². The van der Waals surface area contributed by atoms with Crippen molar-refractivity contribution in [2.24, 2.45) is 5.16 Å². The SMILES string of the molecule is COc1cc(/C=C2\CCCN3C2=NOC3(C(=O)O)c2cc(C)c(F)c(F)c2)ccc1-n1cnc(C)c1. The second kappa shape index (κ2) is 8.78. The van der Waals surface area contributed by atoms with Gasteiger partial charge in [0.25, 0.3) is 0 Å². The van der Waals surface area contributed by atoms with Gasteiger partial charge in [-0.1, -0.05) is 11.2 Å². The van der Waals surface area contributed by atoms with Gasteiger partial charge >= 0.3 is 11.7 Å². The second-order valence-electron chi connectivity index (χ2n) is 8.82. The Labute approximate surface area is 206 Å². The van der Waals surface area contributed by atoms with Gasteiger partial charge in [0, 0.05) is 18.3 Å². The molecule has 5 rings (SSSR count). The van der Waals surface area contributed by atoms with Crippen molar-refractivity contribution < 1.29 is 28.3 Å². The molecule has 0 aliphatic carbocycles. The molecule has 1 saturated heterocycles. The number of methoxy groups -OCH3 is 1. The molecule has 0 saturated carbocycles. The van der Waals surface area contributed by atoms with Crippen molar-refractivity contribution in [1.82, 2.24) is 14.5 Å². The van der Waals surface area contributed by atoms with Gasteiger partial charge in [-0.25, -0.2) is 18.6 Å². The first kappa shape index (κ1) is 23.5. The van der Waals surface area contributed by atoms with Gasteiger partial charge < -0.3 is 24.1 Å².